The van der Waals surface area contributed by atoms with E-state index in [9.17, 15) is 5.11 Å². The average Bonchev–Trinajstić information content (AvgIpc) is 2.62. The minimum atomic E-state index is -0.934. The molecule has 1 heterocycles. The van der Waals surface area contributed by atoms with Crippen molar-refractivity contribution in [2.24, 2.45) is 0 Å². The van der Waals surface area contributed by atoms with Crippen LogP contribution in [0.25, 0.3) is 0 Å². The van der Waals surface area contributed by atoms with Crippen molar-refractivity contribution in [3.05, 3.63) is 28.8 Å². The third kappa shape index (κ3) is 3.87. The molecule has 2 aliphatic rings. The van der Waals surface area contributed by atoms with Gasteiger partial charge in [-0.2, -0.15) is 0 Å². The third-order valence-electron chi connectivity index (χ3n) is 5.24. The largest absolute Gasteiger partial charge is 0.490 e. The molecule has 1 atom stereocenters. The molecule has 23 heavy (non-hydrogen) atoms. The topological polar surface area (TPSA) is 41.9 Å². The lowest BCUT2D eigenvalue weighted by molar-refractivity contribution is -0.0699. The molecule has 0 unspecified atom stereocenters. The number of benzene rings is 1. The minimum absolute atomic E-state index is 0.278. The number of nitrogens with zero attached hydrogens (tertiary/aromatic N) is 1. The second-order valence-corrected chi connectivity index (χ2v) is 7.33. The highest BCUT2D eigenvalue weighted by atomic mass is 16.5. The fourth-order valence-electron chi connectivity index (χ4n) is 3.46. The van der Waals surface area contributed by atoms with E-state index >= 15 is 0 Å². The molecule has 1 aliphatic carbocycles. The Balaban J connectivity index is 1.67. The summed E-state index contributed by atoms with van der Waals surface area (Å²) in [5, 5.41) is 11.0. The first-order valence-corrected chi connectivity index (χ1v) is 8.72. The maximum absolute atomic E-state index is 11.0. The van der Waals surface area contributed by atoms with Crippen LogP contribution in [0.5, 0.6) is 5.75 Å². The first-order valence-electron chi connectivity index (χ1n) is 8.72. The van der Waals surface area contributed by atoms with E-state index in [0.29, 0.717) is 25.8 Å². The number of hydrogen-bond donors (Lipinski definition) is 1. The van der Waals surface area contributed by atoms with Crippen LogP contribution in [0, 0.1) is 20.8 Å². The molecular formula is C19H29NO3. The second kappa shape index (κ2) is 6.80. The van der Waals surface area contributed by atoms with Gasteiger partial charge in [0.1, 0.15) is 18.0 Å². The Morgan fingerprint density at radius 1 is 1.30 bits per heavy atom. The zero-order valence-corrected chi connectivity index (χ0v) is 14.6. The highest BCUT2D eigenvalue weighted by molar-refractivity contribution is 5.42. The van der Waals surface area contributed by atoms with Crippen LogP contribution in [0.1, 0.15) is 36.0 Å². The Bertz CT molecular complexity index is 556. The van der Waals surface area contributed by atoms with E-state index in [4.69, 9.17) is 9.47 Å². The highest BCUT2D eigenvalue weighted by Gasteiger charge is 2.37. The van der Waals surface area contributed by atoms with Gasteiger partial charge in [0.25, 0.3) is 0 Å². The Morgan fingerprint density at radius 2 is 2.09 bits per heavy atom. The van der Waals surface area contributed by atoms with Crippen LogP contribution in [0.4, 0.5) is 0 Å². The Labute approximate surface area is 139 Å². The van der Waals surface area contributed by atoms with Crippen molar-refractivity contribution >= 4 is 0 Å². The molecule has 1 aliphatic heterocycles. The standard InChI is InChI=1S/C19H29NO3/c1-14-9-15(2)16(3)18(10-14)23-13-19(21)11-20(7-8-22-12-19)17-5-4-6-17/h9-10,17,21H,4-8,11-13H2,1-3H3/t19-/m1/s1. The average molecular weight is 319 g/mol. The van der Waals surface area contributed by atoms with Crippen LogP contribution in [-0.2, 0) is 4.74 Å². The first-order chi connectivity index (χ1) is 11.0. The van der Waals surface area contributed by atoms with E-state index in [1.165, 1.54) is 30.4 Å². The van der Waals surface area contributed by atoms with Crippen molar-refractivity contribution < 1.29 is 14.6 Å². The van der Waals surface area contributed by atoms with Gasteiger partial charge < -0.3 is 14.6 Å². The minimum Gasteiger partial charge on any atom is -0.490 e. The summed E-state index contributed by atoms with van der Waals surface area (Å²) in [5.41, 5.74) is 2.61. The van der Waals surface area contributed by atoms with E-state index < -0.39 is 5.60 Å². The molecule has 1 N–H and O–H groups in total. The molecule has 1 aromatic carbocycles. The van der Waals surface area contributed by atoms with E-state index in [0.717, 1.165) is 17.9 Å². The molecule has 1 saturated heterocycles. The normalized spacial score (nSPS) is 26.6. The molecule has 4 heteroatoms. The lowest BCUT2D eigenvalue weighted by atomic mass is 9.90. The van der Waals surface area contributed by atoms with E-state index in [2.05, 4.69) is 31.7 Å². The van der Waals surface area contributed by atoms with Gasteiger partial charge in [-0.05, 0) is 56.4 Å². The molecule has 128 valence electrons. The molecule has 0 radical (unpaired) electrons. The van der Waals surface area contributed by atoms with Gasteiger partial charge in [-0.3, -0.25) is 4.90 Å². The summed E-state index contributed by atoms with van der Waals surface area (Å²) in [6.07, 6.45) is 3.79. The second-order valence-electron chi connectivity index (χ2n) is 7.33. The fourth-order valence-corrected chi connectivity index (χ4v) is 3.46. The lowest BCUT2D eigenvalue weighted by Gasteiger charge is -2.39. The molecular weight excluding hydrogens is 290 g/mol. The van der Waals surface area contributed by atoms with Crippen LogP contribution in [0.2, 0.25) is 0 Å². The highest BCUT2D eigenvalue weighted by Crippen LogP contribution is 2.28. The van der Waals surface area contributed by atoms with E-state index in [1.807, 2.05) is 6.07 Å². The van der Waals surface area contributed by atoms with Gasteiger partial charge in [-0.25, -0.2) is 0 Å². The predicted molar refractivity (Wildman–Crippen MR) is 91.1 cm³/mol. The summed E-state index contributed by atoms with van der Waals surface area (Å²) < 4.78 is 11.7. The number of ether oxygens (including phenoxy) is 2. The van der Waals surface area contributed by atoms with Gasteiger partial charge in [0.2, 0.25) is 0 Å². The summed E-state index contributed by atoms with van der Waals surface area (Å²) in [6, 6.07) is 4.82. The van der Waals surface area contributed by atoms with Crippen molar-refractivity contribution in [3.63, 3.8) is 0 Å². The number of β-amino-alcohol motifs (C(OH)–C–C–N with tert-alkyl or cyclic N) is 1. The Kier molecular flexibility index (Phi) is 4.95. The van der Waals surface area contributed by atoms with E-state index in [1.54, 1.807) is 0 Å². The summed E-state index contributed by atoms with van der Waals surface area (Å²) in [5.74, 6) is 0.871. The number of rotatable bonds is 4. The molecule has 0 aromatic heterocycles. The molecule has 2 fully saturated rings. The summed E-state index contributed by atoms with van der Waals surface area (Å²) in [7, 11) is 0. The zero-order chi connectivity index (χ0) is 16.4. The predicted octanol–water partition coefficient (Wildman–Crippen LogP) is 2.61. The Morgan fingerprint density at radius 3 is 2.78 bits per heavy atom. The molecule has 1 aromatic rings. The number of aliphatic hydroxyl groups is 1. The van der Waals surface area contributed by atoms with Crippen LogP contribution in [0.3, 0.4) is 0 Å². The van der Waals surface area contributed by atoms with Crippen LogP contribution >= 0.6 is 0 Å². The Hall–Kier alpha value is -1.10. The van der Waals surface area contributed by atoms with Gasteiger partial charge >= 0.3 is 0 Å². The van der Waals surface area contributed by atoms with Gasteiger partial charge in [-0.1, -0.05) is 12.5 Å². The molecule has 0 spiro atoms. The summed E-state index contributed by atoms with van der Waals surface area (Å²) in [4.78, 5) is 2.38. The fraction of sp³-hybridized carbons (Fsp3) is 0.684. The first kappa shape index (κ1) is 16.7. The smallest absolute Gasteiger partial charge is 0.134 e. The lowest BCUT2D eigenvalue weighted by Crippen LogP contribution is -2.52. The maximum Gasteiger partial charge on any atom is 0.134 e. The summed E-state index contributed by atoms with van der Waals surface area (Å²) in [6.45, 7) is 9.11. The van der Waals surface area contributed by atoms with Gasteiger partial charge in [0.05, 0.1) is 13.2 Å². The van der Waals surface area contributed by atoms with Crippen LogP contribution < -0.4 is 4.74 Å². The molecule has 0 bridgehead atoms. The summed E-state index contributed by atoms with van der Waals surface area (Å²) >= 11 is 0. The SMILES string of the molecule is Cc1cc(C)c(C)c(OC[C@]2(O)COCCN(C3CCC3)C2)c1. The van der Waals surface area contributed by atoms with Gasteiger partial charge in [0, 0.05) is 19.1 Å². The van der Waals surface area contributed by atoms with Crippen molar-refractivity contribution in [1.82, 2.24) is 4.90 Å². The monoisotopic (exact) mass is 319 g/mol. The van der Waals surface area contributed by atoms with Crippen LogP contribution in [0.15, 0.2) is 12.1 Å². The van der Waals surface area contributed by atoms with Crippen molar-refractivity contribution in [1.29, 1.82) is 0 Å². The molecule has 1 saturated carbocycles. The van der Waals surface area contributed by atoms with Gasteiger partial charge in [0.15, 0.2) is 0 Å². The zero-order valence-electron chi connectivity index (χ0n) is 14.6. The quantitative estimate of drug-likeness (QED) is 0.926. The van der Waals surface area contributed by atoms with Crippen molar-refractivity contribution in [2.75, 3.05) is 32.9 Å². The molecule has 3 rings (SSSR count). The molecule has 0 amide bonds. The van der Waals surface area contributed by atoms with Crippen molar-refractivity contribution in [2.45, 2.75) is 51.7 Å². The molecule has 4 nitrogen and oxygen atoms in total. The van der Waals surface area contributed by atoms with Crippen molar-refractivity contribution in [3.8, 4) is 5.75 Å². The number of aryl methyl sites for hydroxylation is 2. The third-order valence-corrected chi connectivity index (χ3v) is 5.24. The van der Waals surface area contributed by atoms with Crippen LogP contribution in [-0.4, -0.2) is 54.6 Å². The van der Waals surface area contributed by atoms with E-state index in [-0.39, 0.29) is 6.61 Å². The van der Waals surface area contributed by atoms with Gasteiger partial charge in [-0.15, -0.1) is 0 Å². The maximum atomic E-state index is 11.0. The number of hydrogen-bond acceptors (Lipinski definition) is 4.